The van der Waals surface area contributed by atoms with Crippen molar-refractivity contribution < 1.29 is 9.59 Å². The second-order valence-corrected chi connectivity index (χ2v) is 7.37. The van der Waals surface area contributed by atoms with Crippen molar-refractivity contribution in [2.75, 3.05) is 5.32 Å². The Morgan fingerprint density at radius 2 is 1.90 bits per heavy atom. The summed E-state index contributed by atoms with van der Waals surface area (Å²) in [6, 6.07) is 18.5. The molecule has 0 fully saturated rings. The third-order valence-corrected chi connectivity index (χ3v) is 5.15. The molecule has 154 valence electrons. The van der Waals surface area contributed by atoms with Gasteiger partial charge >= 0.3 is 0 Å². The van der Waals surface area contributed by atoms with Crippen LogP contribution in [0.4, 0.5) is 5.69 Å². The van der Waals surface area contributed by atoms with Gasteiger partial charge in [0.25, 0.3) is 0 Å². The number of nitrogens with two attached hydrogens (primary N) is 1. The smallest absolute Gasteiger partial charge is 0.248 e. The van der Waals surface area contributed by atoms with Gasteiger partial charge < -0.3 is 11.1 Å². The van der Waals surface area contributed by atoms with Crippen LogP contribution in [0.5, 0.6) is 0 Å². The summed E-state index contributed by atoms with van der Waals surface area (Å²) in [6.07, 6.45) is 0.379. The highest BCUT2D eigenvalue weighted by atomic mass is 16.1. The average molecular weight is 411 g/mol. The maximum Gasteiger partial charge on any atom is 0.248 e. The maximum atomic E-state index is 11.5. The van der Waals surface area contributed by atoms with Crippen molar-refractivity contribution in [1.82, 2.24) is 0 Å². The number of primary amides is 1. The lowest BCUT2D eigenvalue weighted by Gasteiger charge is -2.27. The molecular weight excluding hydrogens is 390 g/mol. The first kappa shape index (κ1) is 21.5. The van der Waals surface area contributed by atoms with Crippen LogP contribution in [0.2, 0.25) is 0 Å². The molecule has 0 aromatic heterocycles. The molecule has 31 heavy (non-hydrogen) atoms. The zero-order valence-electron chi connectivity index (χ0n) is 17.2. The average Bonchev–Trinajstić information content (AvgIpc) is 2.73. The molecule has 1 heterocycles. The molecule has 0 radical (unpaired) electrons. The van der Waals surface area contributed by atoms with E-state index in [0.29, 0.717) is 40.2 Å². The Kier molecular flexibility index (Phi) is 6.28. The fourth-order valence-electron chi connectivity index (χ4n) is 3.75. The van der Waals surface area contributed by atoms with Crippen LogP contribution in [0.3, 0.4) is 0 Å². The number of carbonyl (C=O) groups excluding carboxylic acids is 2. The third kappa shape index (κ3) is 4.68. The molecule has 0 bridgehead atoms. The monoisotopic (exact) mass is 411 g/mol. The largest absolute Gasteiger partial charge is 0.366 e. The number of benzene rings is 2. The lowest BCUT2D eigenvalue weighted by Crippen LogP contribution is -2.28. The topological polar surface area (TPSA) is 132 Å². The molecule has 0 aliphatic carbocycles. The number of hydrogen-bond donors (Lipinski definition) is 2. The first-order valence-electron chi connectivity index (χ1n) is 9.70. The molecule has 2 aromatic carbocycles. The van der Waals surface area contributed by atoms with Gasteiger partial charge in [-0.2, -0.15) is 10.5 Å². The van der Waals surface area contributed by atoms with E-state index in [1.165, 1.54) is 6.92 Å². The van der Waals surface area contributed by atoms with E-state index in [4.69, 9.17) is 5.73 Å². The van der Waals surface area contributed by atoms with Crippen LogP contribution in [0, 0.1) is 34.5 Å². The van der Waals surface area contributed by atoms with Crippen LogP contribution in [0.25, 0.3) is 5.70 Å². The van der Waals surface area contributed by atoms with E-state index in [9.17, 15) is 20.1 Å². The molecule has 3 rings (SSSR count). The fourth-order valence-corrected chi connectivity index (χ4v) is 3.75. The Hall–Kier alpha value is -4.23. The molecule has 7 heteroatoms. The summed E-state index contributed by atoms with van der Waals surface area (Å²) in [4.78, 5) is 27.5. The molecule has 2 amide bonds. The van der Waals surface area contributed by atoms with Gasteiger partial charge in [0.1, 0.15) is 0 Å². The summed E-state index contributed by atoms with van der Waals surface area (Å²) in [7, 11) is 0. The summed E-state index contributed by atoms with van der Waals surface area (Å²) in [6.45, 7) is 3.19. The van der Waals surface area contributed by atoms with Crippen LogP contribution in [-0.2, 0) is 11.2 Å². The number of anilines is 1. The van der Waals surface area contributed by atoms with Gasteiger partial charge in [-0.25, -0.2) is 0 Å². The summed E-state index contributed by atoms with van der Waals surface area (Å²) >= 11 is 0. The van der Waals surface area contributed by atoms with Crippen molar-refractivity contribution in [2.24, 2.45) is 22.6 Å². The predicted octanol–water partition coefficient (Wildman–Crippen LogP) is 3.45. The van der Waals surface area contributed by atoms with Gasteiger partial charge in [0, 0.05) is 35.4 Å². The molecular formula is C24H21N5O2. The number of nitrogens with one attached hydrogen (secondary N) is 1. The highest BCUT2D eigenvalue weighted by Crippen LogP contribution is 2.37. The first-order chi connectivity index (χ1) is 14.8. The van der Waals surface area contributed by atoms with E-state index in [-0.39, 0.29) is 5.91 Å². The minimum atomic E-state index is -0.575. The minimum absolute atomic E-state index is 0.202. The summed E-state index contributed by atoms with van der Waals surface area (Å²) in [5.41, 5.74) is 9.31. The van der Waals surface area contributed by atoms with Crippen LogP contribution < -0.4 is 11.1 Å². The molecule has 3 N–H and O–H groups in total. The van der Waals surface area contributed by atoms with E-state index in [0.717, 1.165) is 5.56 Å². The molecule has 2 atom stereocenters. The van der Waals surface area contributed by atoms with Gasteiger partial charge in [0.15, 0.2) is 0 Å². The number of rotatable bonds is 5. The third-order valence-electron chi connectivity index (χ3n) is 5.15. The number of amides is 2. The molecule has 0 saturated heterocycles. The number of nitrogens with zero attached hydrogens (tertiary/aromatic N) is 3. The lowest BCUT2D eigenvalue weighted by atomic mass is 9.76. The van der Waals surface area contributed by atoms with Gasteiger partial charge in [-0.3, -0.25) is 14.6 Å². The van der Waals surface area contributed by atoms with Gasteiger partial charge in [-0.15, -0.1) is 0 Å². The van der Waals surface area contributed by atoms with E-state index in [2.05, 4.69) is 22.4 Å². The van der Waals surface area contributed by atoms with Crippen molar-refractivity contribution >= 4 is 28.9 Å². The Bertz CT molecular complexity index is 1200. The molecule has 7 nitrogen and oxygen atoms in total. The zero-order chi connectivity index (χ0) is 22.5. The molecule has 0 spiro atoms. The Labute approximate surface area is 180 Å². The van der Waals surface area contributed by atoms with Crippen molar-refractivity contribution in [3.05, 3.63) is 70.8 Å². The van der Waals surface area contributed by atoms with Crippen LogP contribution in [0.1, 0.15) is 35.3 Å². The van der Waals surface area contributed by atoms with E-state index in [1.807, 2.05) is 12.1 Å². The van der Waals surface area contributed by atoms with Crippen LogP contribution in [-0.4, -0.2) is 17.5 Å². The summed E-state index contributed by atoms with van der Waals surface area (Å²) in [5.74, 6) is -1.75. The van der Waals surface area contributed by atoms with Crippen LogP contribution >= 0.6 is 0 Å². The summed E-state index contributed by atoms with van der Waals surface area (Å²) in [5, 5.41) is 22.5. The van der Waals surface area contributed by atoms with Crippen molar-refractivity contribution in [2.45, 2.75) is 20.3 Å². The number of carbonyl (C=O) groups is 2. The zero-order valence-corrected chi connectivity index (χ0v) is 17.2. The standard InChI is InChI=1S/C24H21N5O2/c1-14-21(12-25)20(10-16-5-3-7-18(9-16)24(27)31)22(13-26)23(28-14)17-6-4-8-19(11-17)29-15(2)30/h3-9,11,20-21H,10H2,1-2H3,(H2,27,31)(H,29,30). The van der Waals surface area contributed by atoms with Gasteiger partial charge in [-0.05, 0) is 43.2 Å². The molecule has 1 aliphatic heterocycles. The second-order valence-electron chi connectivity index (χ2n) is 7.37. The molecule has 2 aromatic rings. The lowest BCUT2D eigenvalue weighted by molar-refractivity contribution is -0.114. The van der Waals surface area contributed by atoms with Gasteiger partial charge in [0.05, 0.1) is 29.3 Å². The number of allylic oxidation sites excluding steroid dienone is 1. The second kappa shape index (κ2) is 9.06. The van der Waals surface area contributed by atoms with E-state index < -0.39 is 17.7 Å². The Balaban J connectivity index is 2.09. The number of nitriles is 2. The van der Waals surface area contributed by atoms with Gasteiger partial charge in [0.2, 0.25) is 11.8 Å². The highest BCUT2D eigenvalue weighted by Gasteiger charge is 2.34. The number of hydrogen-bond acceptors (Lipinski definition) is 5. The van der Waals surface area contributed by atoms with Crippen molar-refractivity contribution in [3.63, 3.8) is 0 Å². The van der Waals surface area contributed by atoms with Crippen LogP contribution in [0.15, 0.2) is 59.1 Å². The van der Waals surface area contributed by atoms with E-state index >= 15 is 0 Å². The minimum Gasteiger partial charge on any atom is -0.366 e. The maximum absolute atomic E-state index is 11.5. The SMILES string of the molecule is CC(=O)Nc1cccc(C2=C(C#N)C(Cc3cccc(C(N)=O)c3)C(C#N)C(C)=N2)c1. The quantitative estimate of drug-likeness (QED) is 0.779. The Morgan fingerprint density at radius 1 is 1.16 bits per heavy atom. The normalized spacial score (nSPS) is 17.9. The highest BCUT2D eigenvalue weighted by molar-refractivity contribution is 5.96. The molecule has 1 aliphatic rings. The Morgan fingerprint density at radius 3 is 2.55 bits per heavy atom. The summed E-state index contributed by atoms with van der Waals surface area (Å²) < 4.78 is 0. The van der Waals surface area contributed by atoms with Gasteiger partial charge in [-0.1, -0.05) is 24.3 Å². The number of aliphatic imine (C=N–C) groups is 1. The first-order valence-corrected chi connectivity index (χ1v) is 9.70. The predicted molar refractivity (Wildman–Crippen MR) is 118 cm³/mol. The molecule has 2 unspecified atom stereocenters. The molecule has 0 saturated carbocycles. The van der Waals surface area contributed by atoms with Crippen molar-refractivity contribution in [3.8, 4) is 12.1 Å². The van der Waals surface area contributed by atoms with E-state index in [1.54, 1.807) is 43.3 Å². The fraction of sp³-hybridized carbons (Fsp3) is 0.208. The van der Waals surface area contributed by atoms with Crippen molar-refractivity contribution in [1.29, 1.82) is 10.5 Å².